The van der Waals surface area contributed by atoms with Crippen LogP contribution in [-0.4, -0.2) is 30.3 Å². The zero-order valence-electron chi connectivity index (χ0n) is 13.3. The summed E-state index contributed by atoms with van der Waals surface area (Å²) in [6.07, 6.45) is 3.23. The van der Waals surface area contributed by atoms with Crippen molar-refractivity contribution in [3.8, 4) is 0 Å². The third-order valence-electron chi connectivity index (χ3n) is 3.78. The molecule has 2 aromatic carbocycles. The molecule has 0 radical (unpaired) electrons. The zero-order chi connectivity index (χ0) is 16.8. The van der Waals surface area contributed by atoms with Gasteiger partial charge in [-0.15, -0.1) is 4.31 Å². The second kappa shape index (κ2) is 7.61. The van der Waals surface area contributed by atoms with Crippen molar-refractivity contribution in [3.63, 3.8) is 0 Å². The molecule has 0 aliphatic carbocycles. The molecule has 0 unspecified atom stereocenters. The normalized spacial score (nSPS) is 15.4. The molecule has 24 heavy (non-hydrogen) atoms. The van der Waals surface area contributed by atoms with Gasteiger partial charge in [0.1, 0.15) is 0 Å². The van der Waals surface area contributed by atoms with Crippen molar-refractivity contribution in [2.45, 2.75) is 13.1 Å². The molecule has 0 atom stereocenters. The minimum atomic E-state index is -3.63. The van der Waals surface area contributed by atoms with E-state index in [2.05, 4.69) is 0 Å². The number of hydrogen-bond donors (Lipinski definition) is 0. The Morgan fingerprint density at radius 2 is 1.46 bits per heavy atom. The maximum absolute atomic E-state index is 13.0. The molecule has 3 rings (SSSR count). The van der Waals surface area contributed by atoms with Gasteiger partial charge in [-0.3, -0.25) is 0 Å². The molecular formula is C18H20N2O3S. The number of nitrogens with zero attached hydrogens (tertiary/aromatic N) is 2. The summed E-state index contributed by atoms with van der Waals surface area (Å²) in [7, 11) is -3.63. The molecule has 1 heterocycles. The smallest absolute Gasteiger partial charge is 0.285 e. The highest BCUT2D eigenvalue weighted by Crippen LogP contribution is 2.18. The van der Waals surface area contributed by atoms with Gasteiger partial charge in [0.05, 0.1) is 6.26 Å². The number of hydrogen-bond acceptors (Lipinski definition) is 3. The predicted molar refractivity (Wildman–Crippen MR) is 92.8 cm³/mol. The maximum Gasteiger partial charge on any atom is 0.285 e. The molecule has 2 aromatic rings. The monoisotopic (exact) mass is 344 g/mol. The molecule has 0 aromatic heterocycles. The van der Waals surface area contributed by atoms with Gasteiger partial charge in [-0.1, -0.05) is 60.7 Å². The molecule has 1 aliphatic rings. The van der Waals surface area contributed by atoms with E-state index in [1.807, 2.05) is 60.7 Å². The van der Waals surface area contributed by atoms with Crippen LogP contribution in [0.25, 0.3) is 0 Å². The first-order chi connectivity index (χ1) is 11.7. The molecule has 0 fully saturated rings. The molecule has 1 aliphatic heterocycles. The Morgan fingerprint density at radius 3 is 1.92 bits per heavy atom. The third-order valence-corrected chi connectivity index (χ3v) is 5.59. The van der Waals surface area contributed by atoms with Gasteiger partial charge in [-0.2, -0.15) is 12.7 Å². The molecule has 6 heteroatoms. The first-order valence-corrected chi connectivity index (χ1v) is 9.15. The number of benzene rings is 2. The first-order valence-electron chi connectivity index (χ1n) is 7.76. The Labute approximate surface area is 143 Å². The van der Waals surface area contributed by atoms with Crippen LogP contribution >= 0.6 is 0 Å². The standard InChI is InChI=1S/C18H20N2O3S/c21-24(22,19-12-7-13-23-16-19)20(14-17-8-3-1-4-9-17)15-18-10-5-2-6-11-18/h1-11,13H,12,14-16H2. The zero-order valence-corrected chi connectivity index (χ0v) is 14.1. The van der Waals surface area contributed by atoms with Gasteiger partial charge in [0.25, 0.3) is 10.2 Å². The predicted octanol–water partition coefficient (Wildman–Crippen LogP) is 2.74. The molecule has 0 N–H and O–H groups in total. The molecule has 5 nitrogen and oxygen atoms in total. The average Bonchev–Trinajstić information content (AvgIpc) is 2.64. The van der Waals surface area contributed by atoms with E-state index < -0.39 is 10.2 Å². The van der Waals surface area contributed by atoms with Gasteiger partial charge in [0.15, 0.2) is 6.73 Å². The van der Waals surface area contributed by atoms with Crippen LogP contribution in [0.2, 0.25) is 0 Å². The Balaban J connectivity index is 1.87. The Hall–Kier alpha value is -2.15. The number of ether oxygens (including phenoxy) is 1. The van der Waals surface area contributed by atoms with E-state index in [-0.39, 0.29) is 6.73 Å². The highest BCUT2D eigenvalue weighted by Gasteiger charge is 2.30. The van der Waals surface area contributed by atoms with E-state index in [0.717, 1.165) is 11.1 Å². The van der Waals surface area contributed by atoms with Crippen LogP contribution in [0.3, 0.4) is 0 Å². The summed E-state index contributed by atoms with van der Waals surface area (Å²) in [5.41, 5.74) is 1.90. The van der Waals surface area contributed by atoms with Gasteiger partial charge in [0.2, 0.25) is 0 Å². The minimum absolute atomic E-state index is 0.0406. The molecule has 126 valence electrons. The van der Waals surface area contributed by atoms with Crippen LogP contribution < -0.4 is 0 Å². The van der Waals surface area contributed by atoms with Gasteiger partial charge < -0.3 is 4.74 Å². The third kappa shape index (κ3) is 4.03. The Bertz CT molecular complexity index is 735. The van der Waals surface area contributed by atoms with Crippen LogP contribution in [0.4, 0.5) is 0 Å². The van der Waals surface area contributed by atoms with Crippen LogP contribution in [-0.2, 0) is 28.0 Å². The van der Waals surface area contributed by atoms with Crippen molar-refractivity contribution >= 4 is 10.2 Å². The Morgan fingerprint density at radius 1 is 0.917 bits per heavy atom. The summed E-state index contributed by atoms with van der Waals surface area (Å²) in [4.78, 5) is 0. The van der Waals surface area contributed by atoms with Crippen molar-refractivity contribution < 1.29 is 13.2 Å². The molecule has 0 saturated carbocycles. The lowest BCUT2D eigenvalue weighted by molar-refractivity contribution is 0.136. The topological polar surface area (TPSA) is 49.9 Å². The molecule has 0 amide bonds. The van der Waals surface area contributed by atoms with E-state index in [1.165, 1.54) is 14.9 Å². The van der Waals surface area contributed by atoms with E-state index in [0.29, 0.717) is 19.6 Å². The van der Waals surface area contributed by atoms with Crippen molar-refractivity contribution in [1.29, 1.82) is 0 Å². The van der Waals surface area contributed by atoms with Crippen LogP contribution in [0.1, 0.15) is 11.1 Å². The minimum Gasteiger partial charge on any atom is -0.485 e. The molecule has 0 bridgehead atoms. The summed E-state index contributed by atoms with van der Waals surface area (Å²) in [6, 6.07) is 19.2. The van der Waals surface area contributed by atoms with Crippen molar-refractivity contribution in [2.75, 3.05) is 13.3 Å². The average molecular weight is 344 g/mol. The van der Waals surface area contributed by atoms with Crippen LogP contribution in [0.5, 0.6) is 0 Å². The second-order valence-electron chi connectivity index (χ2n) is 5.55. The molecule has 0 saturated heterocycles. The Kier molecular flexibility index (Phi) is 5.30. The largest absolute Gasteiger partial charge is 0.485 e. The quantitative estimate of drug-likeness (QED) is 0.810. The fraction of sp³-hybridized carbons (Fsp3) is 0.222. The number of rotatable bonds is 6. The summed E-state index contributed by atoms with van der Waals surface area (Å²) in [5.74, 6) is 0. The van der Waals surface area contributed by atoms with Crippen LogP contribution in [0.15, 0.2) is 73.0 Å². The fourth-order valence-corrected chi connectivity index (χ4v) is 3.94. The van der Waals surface area contributed by atoms with Gasteiger partial charge in [0, 0.05) is 19.6 Å². The highest BCUT2D eigenvalue weighted by atomic mass is 32.2. The van der Waals surface area contributed by atoms with Crippen LogP contribution in [0, 0.1) is 0 Å². The van der Waals surface area contributed by atoms with Crippen molar-refractivity contribution in [2.24, 2.45) is 0 Å². The van der Waals surface area contributed by atoms with E-state index in [4.69, 9.17) is 4.74 Å². The van der Waals surface area contributed by atoms with Gasteiger partial charge >= 0.3 is 0 Å². The maximum atomic E-state index is 13.0. The summed E-state index contributed by atoms with van der Waals surface area (Å²) in [6.45, 7) is 0.998. The highest BCUT2D eigenvalue weighted by molar-refractivity contribution is 7.86. The van der Waals surface area contributed by atoms with Gasteiger partial charge in [-0.05, 0) is 17.2 Å². The van der Waals surface area contributed by atoms with E-state index in [1.54, 1.807) is 6.08 Å². The summed E-state index contributed by atoms with van der Waals surface area (Å²) >= 11 is 0. The molecule has 0 spiro atoms. The van der Waals surface area contributed by atoms with Crippen molar-refractivity contribution in [1.82, 2.24) is 8.61 Å². The lowest BCUT2D eigenvalue weighted by Gasteiger charge is -2.30. The fourth-order valence-electron chi connectivity index (χ4n) is 2.52. The summed E-state index contributed by atoms with van der Waals surface area (Å²) < 4.78 is 34.0. The first kappa shape index (κ1) is 16.7. The SMILES string of the molecule is O=S(=O)(N1CC=COC1)N(Cc1ccccc1)Cc1ccccc1. The van der Waals surface area contributed by atoms with Gasteiger partial charge in [-0.25, -0.2) is 0 Å². The van der Waals surface area contributed by atoms with E-state index in [9.17, 15) is 8.42 Å². The van der Waals surface area contributed by atoms with E-state index >= 15 is 0 Å². The second-order valence-corrected chi connectivity index (χ2v) is 7.48. The lowest BCUT2D eigenvalue weighted by atomic mass is 10.2. The summed E-state index contributed by atoms with van der Waals surface area (Å²) in [5, 5.41) is 0. The lowest BCUT2D eigenvalue weighted by Crippen LogP contribution is -2.44. The van der Waals surface area contributed by atoms with Crippen molar-refractivity contribution in [3.05, 3.63) is 84.1 Å². The molecular weight excluding hydrogens is 324 g/mol.